The Bertz CT molecular complexity index is 1530. The van der Waals surface area contributed by atoms with Crippen LogP contribution in [0, 0.1) is 5.41 Å². The molecule has 0 heterocycles. The number of esters is 1. The van der Waals surface area contributed by atoms with Crippen molar-refractivity contribution in [1.82, 2.24) is 5.32 Å². The van der Waals surface area contributed by atoms with Crippen molar-refractivity contribution in [3.63, 3.8) is 0 Å². The summed E-state index contributed by atoms with van der Waals surface area (Å²) < 4.78 is 12.2. The minimum atomic E-state index is -1.31. The monoisotopic (exact) mass is 573 g/mol. The van der Waals surface area contributed by atoms with Crippen molar-refractivity contribution >= 4 is 12.3 Å². The van der Waals surface area contributed by atoms with E-state index in [-0.39, 0.29) is 13.0 Å². The largest absolute Gasteiger partial charge is 0.459 e. The van der Waals surface area contributed by atoms with Crippen LogP contribution in [0.1, 0.15) is 49.4 Å². The predicted octanol–water partition coefficient (Wildman–Crippen LogP) is 7.24. The lowest BCUT2D eigenvalue weighted by molar-refractivity contribution is -0.165. The maximum atomic E-state index is 14.3. The van der Waals surface area contributed by atoms with Crippen molar-refractivity contribution in [2.75, 3.05) is 6.61 Å². The predicted molar refractivity (Wildman–Crippen MR) is 170 cm³/mol. The lowest BCUT2D eigenvalue weighted by atomic mass is 9.74. The van der Waals surface area contributed by atoms with Crippen molar-refractivity contribution in [2.45, 2.75) is 51.0 Å². The van der Waals surface area contributed by atoms with Crippen LogP contribution in [0.4, 0.5) is 0 Å². The van der Waals surface area contributed by atoms with E-state index in [1.165, 1.54) is 0 Å². The third-order valence-electron chi connectivity index (χ3n) is 7.98. The summed E-state index contributed by atoms with van der Waals surface area (Å²) in [6.07, 6.45) is 2.72. The normalized spacial score (nSPS) is 15.4. The van der Waals surface area contributed by atoms with Gasteiger partial charge < -0.3 is 14.3 Å². The van der Waals surface area contributed by atoms with E-state index in [9.17, 15) is 9.59 Å². The average Bonchev–Trinajstić information content (AvgIpc) is 3.30. The van der Waals surface area contributed by atoms with Crippen LogP contribution in [-0.2, 0) is 31.2 Å². The van der Waals surface area contributed by atoms with E-state index in [4.69, 9.17) is 9.47 Å². The maximum Gasteiger partial charge on any atom is 0.324 e. The lowest BCUT2D eigenvalue weighted by Crippen LogP contribution is -2.61. The van der Waals surface area contributed by atoms with Crippen LogP contribution >= 0.6 is 0 Å². The fraction of sp³-hybridized carbons (Fsp3) is 0.263. The first-order valence-electron chi connectivity index (χ1n) is 14.7. The molecule has 4 aromatic rings. The molecule has 0 aliphatic heterocycles. The first-order valence-corrected chi connectivity index (χ1v) is 14.7. The van der Waals surface area contributed by atoms with Gasteiger partial charge in [0.1, 0.15) is 17.9 Å². The Morgan fingerprint density at radius 2 is 1.37 bits per heavy atom. The molecule has 0 saturated carbocycles. The van der Waals surface area contributed by atoms with Crippen LogP contribution in [0.15, 0.2) is 122 Å². The van der Waals surface area contributed by atoms with E-state index in [1.807, 2.05) is 93.6 Å². The van der Waals surface area contributed by atoms with Crippen molar-refractivity contribution in [1.29, 1.82) is 0 Å². The van der Waals surface area contributed by atoms with E-state index < -0.39 is 28.6 Å². The van der Waals surface area contributed by atoms with Crippen LogP contribution in [0.2, 0.25) is 0 Å². The number of carbonyl (C=O) groups excluding carboxylic acids is 2. The van der Waals surface area contributed by atoms with Gasteiger partial charge in [0.25, 0.3) is 0 Å². The highest BCUT2D eigenvalue weighted by atomic mass is 16.6. The van der Waals surface area contributed by atoms with E-state index in [0.717, 1.165) is 39.7 Å². The second kappa shape index (κ2) is 12.5. The van der Waals surface area contributed by atoms with E-state index >= 15 is 0 Å². The van der Waals surface area contributed by atoms with Gasteiger partial charge in [-0.3, -0.25) is 10.1 Å². The Morgan fingerprint density at radius 1 is 0.837 bits per heavy atom. The smallest absolute Gasteiger partial charge is 0.324 e. The molecular weight excluding hydrogens is 534 g/mol. The van der Waals surface area contributed by atoms with Crippen LogP contribution in [0.5, 0.6) is 0 Å². The Labute approximate surface area is 254 Å². The molecule has 1 N–H and O–H groups in total. The summed E-state index contributed by atoms with van der Waals surface area (Å²) in [5.74, 6) is -0.526. The fourth-order valence-corrected chi connectivity index (χ4v) is 6.10. The number of rotatable bonds is 12. The quantitative estimate of drug-likeness (QED) is 0.110. The second-order valence-corrected chi connectivity index (χ2v) is 12.1. The van der Waals surface area contributed by atoms with Gasteiger partial charge in [-0.05, 0) is 60.6 Å². The molecule has 5 heteroatoms. The van der Waals surface area contributed by atoms with Crippen molar-refractivity contribution in [3.05, 3.63) is 144 Å². The number of fused-ring (bicyclic) bond motifs is 3. The lowest BCUT2D eigenvalue weighted by Gasteiger charge is -2.43. The number of hydrogen-bond donors (Lipinski definition) is 1. The first-order chi connectivity index (χ1) is 20.7. The van der Waals surface area contributed by atoms with E-state index in [1.54, 1.807) is 6.08 Å². The average molecular weight is 574 g/mol. The summed E-state index contributed by atoms with van der Waals surface area (Å²) in [6, 6.07) is 35.2. The molecule has 0 radical (unpaired) electrons. The standard InChI is InChI=1S/C38H39NO4/c1-5-24-37(26-40,27-42-25-28-16-8-6-9-17-28)34(35(41)43-36(2,3)4)39-38(29-18-10-7-11-19-29)32-22-14-12-20-30(32)31-21-13-15-23-33(31)38/h5-23,26,34,39H,1,24-25,27H2,2-4H3/t34-,37-/m1/s1. The molecule has 4 aromatic carbocycles. The van der Waals surface area contributed by atoms with Gasteiger partial charge in [-0.25, -0.2) is 0 Å². The molecule has 5 nitrogen and oxygen atoms in total. The topological polar surface area (TPSA) is 64.6 Å². The summed E-state index contributed by atoms with van der Waals surface area (Å²) in [7, 11) is 0. The van der Waals surface area contributed by atoms with Crippen LogP contribution < -0.4 is 5.32 Å². The SMILES string of the molecule is C=CC[C@@](C=O)(COCc1ccccc1)[C@H](NC1(c2ccccc2)c2ccccc2-c2ccccc21)C(=O)OC(C)(C)C. The fourth-order valence-electron chi connectivity index (χ4n) is 6.10. The number of benzene rings is 4. The van der Waals surface area contributed by atoms with E-state index in [0.29, 0.717) is 6.61 Å². The van der Waals surface area contributed by atoms with Gasteiger partial charge in [0.15, 0.2) is 0 Å². The minimum absolute atomic E-state index is 0.0114. The van der Waals surface area contributed by atoms with Crippen molar-refractivity contribution < 1.29 is 19.1 Å². The van der Waals surface area contributed by atoms with Gasteiger partial charge in [0.2, 0.25) is 0 Å². The highest BCUT2D eigenvalue weighted by molar-refractivity contribution is 5.86. The molecule has 1 aliphatic rings. The van der Waals surface area contributed by atoms with Crippen molar-refractivity contribution in [2.24, 2.45) is 5.41 Å². The van der Waals surface area contributed by atoms with Gasteiger partial charge in [-0.2, -0.15) is 0 Å². The van der Waals surface area contributed by atoms with Crippen LogP contribution in [0.3, 0.4) is 0 Å². The maximum absolute atomic E-state index is 14.3. The summed E-state index contributed by atoms with van der Waals surface area (Å²) in [5.41, 5.74) is 3.01. The number of hydrogen-bond acceptors (Lipinski definition) is 5. The molecule has 1 aliphatic carbocycles. The molecule has 0 unspecified atom stereocenters. The molecule has 220 valence electrons. The Morgan fingerprint density at radius 3 is 1.91 bits per heavy atom. The second-order valence-electron chi connectivity index (χ2n) is 12.1. The first kappa shape index (κ1) is 30.1. The van der Waals surface area contributed by atoms with Gasteiger partial charge in [0, 0.05) is 0 Å². The Balaban J connectivity index is 1.68. The number of ether oxygens (including phenoxy) is 2. The number of allylic oxidation sites excluding steroid dienone is 1. The third kappa shape index (κ3) is 5.96. The Hall–Kier alpha value is -4.32. The molecule has 0 amide bonds. The molecule has 0 aromatic heterocycles. The summed E-state index contributed by atoms with van der Waals surface area (Å²) in [6.45, 7) is 9.74. The van der Waals surface area contributed by atoms with Crippen LogP contribution in [-0.4, -0.2) is 30.5 Å². The highest BCUT2D eigenvalue weighted by Gasteiger charge is 2.53. The van der Waals surface area contributed by atoms with Gasteiger partial charge in [-0.15, -0.1) is 6.58 Å². The minimum Gasteiger partial charge on any atom is -0.459 e. The molecule has 43 heavy (non-hydrogen) atoms. The Kier molecular flexibility index (Phi) is 8.77. The van der Waals surface area contributed by atoms with E-state index in [2.05, 4.69) is 48.3 Å². The number of nitrogens with one attached hydrogen (secondary N) is 1. The molecule has 2 atom stereocenters. The summed E-state index contributed by atoms with van der Waals surface area (Å²) in [4.78, 5) is 27.6. The number of carbonyl (C=O) groups is 2. The zero-order valence-corrected chi connectivity index (χ0v) is 25.1. The number of aldehydes is 1. The van der Waals surface area contributed by atoms with Crippen molar-refractivity contribution in [3.8, 4) is 11.1 Å². The highest BCUT2D eigenvalue weighted by Crippen LogP contribution is 2.51. The van der Waals surface area contributed by atoms with Crippen LogP contribution in [0.25, 0.3) is 11.1 Å². The molecular formula is C38H39NO4. The van der Waals surface area contributed by atoms with Gasteiger partial charge in [-0.1, -0.05) is 115 Å². The summed E-state index contributed by atoms with van der Waals surface area (Å²) >= 11 is 0. The molecule has 0 spiro atoms. The van der Waals surface area contributed by atoms with Gasteiger partial charge >= 0.3 is 5.97 Å². The molecule has 5 rings (SSSR count). The zero-order chi connectivity index (χ0) is 30.5. The van der Waals surface area contributed by atoms with Gasteiger partial charge in [0.05, 0.1) is 24.2 Å². The third-order valence-corrected chi connectivity index (χ3v) is 7.98. The molecule has 0 fully saturated rings. The molecule has 0 saturated heterocycles. The summed E-state index contributed by atoms with van der Waals surface area (Å²) in [5, 5.41) is 3.77. The zero-order valence-electron chi connectivity index (χ0n) is 25.1. The molecule has 0 bridgehead atoms.